The number of hydrogen-bond donors (Lipinski definition) is 3. The van der Waals surface area contributed by atoms with E-state index in [-0.39, 0.29) is 18.4 Å². The van der Waals surface area contributed by atoms with E-state index >= 15 is 0 Å². The van der Waals surface area contributed by atoms with Crippen LogP contribution >= 0.6 is 23.5 Å². The van der Waals surface area contributed by atoms with E-state index in [0.717, 1.165) is 21.1 Å². The van der Waals surface area contributed by atoms with Gasteiger partial charge in [0.05, 0.1) is 0 Å². The number of nitrogens with one attached hydrogen (secondary N) is 1. The molecule has 0 heterocycles. The van der Waals surface area contributed by atoms with E-state index in [4.69, 9.17) is 16.2 Å². The SMILES string of the molecule is CSc1cccc(SCC(C)CO)c1C(=N)N. The van der Waals surface area contributed by atoms with E-state index in [1.165, 1.54) is 0 Å². The maximum atomic E-state index is 9.01. The van der Waals surface area contributed by atoms with Gasteiger partial charge >= 0.3 is 0 Å². The van der Waals surface area contributed by atoms with Crippen molar-refractivity contribution in [2.45, 2.75) is 16.7 Å². The molecule has 0 aromatic heterocycles. The monoisotopic (exact) mass is 270 g/mol. The number of aliphatic hydroxyl groups is 1. The molecule has 0 saturated carbocycles. The van der Waals surface area contributed by atoms with Crippen molar-refractivity contribution in [1.29, 1.82) is 5.41 Å². The van der Waals surface area contributed by atoms with Gasteiger partial charge in [-0.25, -0.2) is 0 Å². The Morgan fingerprint density at radius 2 is 2.12 bits per heavy atom. The molecular weight excluding hydrogens is 252 g/mol. The highest BCUT2D eigenvalue weighted by atomic mass is 32.2. The summed E-state index contributed by atoms with van der Waals surface area (Å²) >= 11 is 3.24. The maximum absolute atomic E-state index is 9.01. The fourth-order valence-electron chi connectivity index (χ4n) is 1.35. The Morgan fingerprint density at radius 1 is 1.47 bits per heavy atom. The van der Waals surface area contributed by atoms with Gasteiger partial charge in [0.1, 0.15) is 5.84 Å². The van der Waals surface area contributed by atoms with Gasteiger partial charge in [0, 0.05) is 27.7 Å². The second kappa shape index (κ2) is 6.93. The highest BCUT2D eigenvalue weighted by Gasteiger charge is 2.12. The normalized spacial score (nSPS) is 12.4. The maximum Gasteiger partial charge on any atom is 0.125 e. The van der Waals surface area contributed by atoms with Gasteiger partial charge in [0.2, 0.25) is 0 Å². The van der Waals surface area contributed by atoms with Gasteiger partial charge in [-0.1, -0.05) is 13.0 Å². The number of aliphatic hydroxyl groups excluding tert-OH is 1. The average Bonchev–Trinajstić information content (AvgIpc) is 2.34. The van der Waals surface area contributed by atoms with E-state index in [1.807, 2.05) is 31.4 Å². The first kappa shape index (κ1) is 14.4. The molecule has 0 aliphatic rings. The van der Waals surface area contributed by atoms with Crippen molar-refractivity contribution < 1.29 is 5.11 Å². The van der Waals surface area contributed by atoms with Crippen LogP contribution in [0.3, 0.4) is 0 Å². The van der Waals surface area contributed by atoms with Crippen LogP contribution in [0, 0.1) is 11.3 Å². The first-order valence-corrected chi connectivity index (χ1v) is 7.56. The summed E-state index contributed by atoms with van der Waals surface area (Å²) in [5, 5.41) is 16.7. The molecule has 0 saturated heterocycles. The number of hydrogen-bond acceptors (Lipinski definition) is 4. The molecule has 17 heavy (non-hydrogen) atoms. The summed E-state index contributed by atoms with van der Waals surface area (Å²) in [6.07, 6.45) is 1.98. The summed E-state index contributed by atoms with van der Waals surface area (Å²) in [5.74, 6) is 1.18. The summed E-state index contributed by atoms with van der Waals surface area (Å²) in [6.45, 7) is 2.18. The van der Waals surface area contributed by atoms with Gasteiger partial charge in [-0.15, -0.1) is 23.5 Å². The standard InChI is InChI=1S/C12H18N2OS2/c1-8(6-15)7-17-10-5-3-4-9(16-2)11(10)12(13)14/h3-5,8,15H,6-7H2,1-2H3,(H3,13,14). The Balaban J connectivity index is 2.94. The van der Waals surface area contributed by atoms with E-state index in [2.05, 4.69) is 0 Å². The van der Waals surface area contributed by atoms with Crippen molar-refractivity contribution in [3.8, 4) is 0 Å². The molecule has 0 fully saturated rings. The van der Waals surface area contributed by atoms with Crippen molar-refractivity contribution in [1.82, 2.24) is 0 Å². The molecule has 1 aromatic rings. The Bertz CT molecular complexity index is 396. The lowest BCUT2D eigenvalue weighted by Gasteiger charge is -2.13. The van der Waals surface area contributed by atoms with Crippen LogP contribution < -0.4 is 5.73 Å². The molecule has 0 spiro atoms. The van der Waals surface area contributed by atoms with Crippen LogP contribution in [0.2, 0.25) is 0 Å². The Hall–Kier alpha value is -0.650. The van der Waals surface area contributed by atoms with Crippen molar-refractivity contribution >= 4 is 29.4 Å². The molecule has 0 bridgehead atoms. The largest absolute Gasteiger partial charge is 0.396 e. The van der Waals surface area contributed by atoms with Gasteiger partial charge < -0.3 is 10.8 Å². The number of nitrogen functional groups attached to an aromatic ring is 1. The van der Waals surface area contributed by atoms with Crippen LogP contribution in [0.25, 0.3) is 0 Å². The zero-order chi connectivity index (χ0) is 12.8. The van der Waals surface area contributed by atoms with Crippen molar-refractivity contribution in [2.24, 2.45) is 11.7 Å². The second-order valence-corrected chi connectivity index (χ2v) is 5.76. The van der Waals surface area contributed by atoms with Crippen LogP contribution in [0.5, 0.6) is 0 Å². The average molecular weight is 270 g/mol. The molecule has 1 unspecified atom stereocenters. The van der Waals surface area contributed by atoms with Crippen LogP contribution in [0.4, 0.5) is 0 Å². The van der Waals surface area contributed by atoms with Crippen LogP contribution in [-0.4, -0.2) is 29.6 Å². The summed E-state index contributed by atoms with van der Waals surface area (Å²) in [7, 11) is 0. The molecule has 1 aromatic carbocycles. The van der Waals surface area contributed by atoms with E-state index < -0.39 is 0 Å². The Kier molecular flexibility index (Phi) is 5.88. The highest BCUT2D eigenvalue weighted by Crippen LogP contribution is 2.30. The highest BCUT2D eigenvalue weighted by molar-refractivity contribution is 8.00. The first-order valence-electron chi connectivity index (χ1n) is 5.35. The van der Waals surface area contributed by atoms with Crippen LogP contribution in [0.15, 0.2) is 28.0 Å². The Labute approximate surface area is 111 Å². The summed E-state index contributed by atoms with van der Waals surface area (Å²) in [4.78, 5) is 2.05. The van der Waals surface area contributed by atoms with Crippen LogP contribution in [0.1, 0.15) is 12.5 Å². The second-order valence-electron chi connectivity index (χ2n) is 3.85. The molecular formula is C12H18N2OS2. The lowest BCUT2D eigenvalue weighted by molar-refractivity contribution is 0.250. The van der Waals surface area contributed by atoms with E-state index in [1.54, 1.807) is 23.5 Å². The molecule has 1 atom stereocenters. The number of thioether (sulfide) groups is 2. The van der Waals surface area contributed by atoms with E-state index in [9.17, 15) is 0 Å². The number of benzene rings is 1. The van der Waals surface area contributed by atoms with Gasteiger partial charge in [0.15, 0.2) is 0 Å². The smallest absolute Gasteiger partial charge is 0.125 e. The minimum Gasteiger partial charge on any atom is -0.396 e. The zero-order valence-corrected chi connectivity index (χ0v) is 11.7. The summed E-state index contributed by atoms with van der Waals surface area (Å²) in [5.41, 5.74) is 6.45. The lowest BCUT2D eigenvalue weighted by Crippen LogP contribution is -2.14. The van der Waals surface area contributed by atoms with E-state index in [0.29, 0.717) is 0 Å². The molecule has 0 radical (unpaired) electrons. The fraction of sp³-hybridized carbons (Fsp3) is 0.417. The van der Waals surface area contributed by atoms with Crippen molar-refractivity contribution in [2.75, 3.05) is 18.6 Å². The van der Waals surface area contributed by atoms with Gasteiger partial charge in [-0.2, -0.15) is 0 Å². The molecule has 94 valence electrons. The predicted molar refractivity (Wildman–Crippen MR) is 76.2 cm³/mol. The third-order valence-electron chi connectivity index (χ3n) is 2.31. The Morgan fingerprint density at radius 3 is 2.65 bits per heavy atom. The van der Waals surface area contributed by atoms with Gasteiger partial charge in [0.25, 0.3) is 0 Å². The fourth-order valence-corrected chi connectivity index (χ4v) is 3.16. The van der Waals surface area contributed by atoms with Crippen molar-refractivity contribution in [3.05, 3.63) is 23.8 Å². The summed E-state index contributed by atoms with van der Waals surface area (Å²) < 4.78 is 0. The molecule has 5 heteroatoms. The predicted octanol–water partition coefficient (Wildman–Crippen LogP) is 2.41. The quantitative estimate of drug-likeness (QED) is 0.422. The summed E-state index contributed by atoms with van der Waals surface area (Å²) in [6, 6.07) is 5.93. The topological polar surface area (TPSA) is 70.1 Å². The first-order chi connectivity index (χ1) is 8.10. The number of nitrogens with two attached hydrogens (primary N) is 1. The molecule has 1 rings (SSSR count). The minimum atomic E-state index is 0.106. The third kappa shape index (κ3) is 3.94. The minimum absolute atomic E-state index is 0.106. The lowest BCUT2D eigenvalue weighted by atomic mass is 10.2. The zero-order valence-electron chi connectivity index (χ0n) is 10.1. The molecule has 3 nitrogen and oxygen atoms in total. The molecule has 0 aliphatic carbocycles. The molecule has 0 amide bonds. The molecule has 0 aliphatic heterocycles. The van der Waals surface area contributed by atoms with Gasteiger partial charge in [-0.05, 0) is 24.3 Å². The third-order valence-corrected chi connectivity index (χ3v) is 4.48. The van der Waals surface area contributed by atoms with Crippen LogP contribution in [-0.2, 0) is 0 Å². The number of amidine groups is 1. The van der Waals surface area contributed by atoms with Gasteiger partial charge in [-0.3, -0.25) is 5.41 Å². The molecule has 4 N–H and O–H groups in total. The van der Waals surface area contributed by atoms with Crippen molar-refractivity contribution in [3.63, 3.8) is 0 Å². The number of rotatable bonds is 6.